The number of rotatable bonds is 9. The maximum Gasteiger partial charge on any atom is 0.356 e. The molecule has 0 unspecified atom stereocenters. The minimum absolute atomic E-state index is 0.0116. The van der Waals surface area contributed by atoms with Gasteiger partial charge in [-0.25, -0.2) is 4.79 Å². The van der Waals surface area contributed by atoms with Gasteiger partial charge in [0.1, 0.15) is 12.3 Å². The van der Waals surface area contributed by atoms with Crippen LogP contribution in [0.25, 0.3) is 0 Å². The monoisotopic (exact) mass is 446 g/mol. The summed E-state index contributed by atoms with van der Waals surface area (Å²) in [5, 5.41) is 4.51. The summed E-state index contributed by atoms with van der Waals surface area (Å²) in [5.41, 5.74) is 1.23. The van der Waals surface area contributed by atoms with Crippen molar-refractivity contribution in [2.45, 2.75) is 45.1 Å². The highest BCUT2D eigenvalue weighted by Gasteiger charge is 2.57. The minimum Gasteiger partial charge on any atom is -0.456 e. The van der Waals surface area contributed by atoms with Crippen LogP contribution in [0, 0.1) is 5.92 Å². The second kappa shape index (κ2) is 10.2. The Kier molecular flexibility index (Phi) is 7.66. The Morgan fingerprint density at radius 3 is 2.73 bits per heavy atom. The summed E-state index contributed by atoms with van der Waals surface area (Å²) >= 11 is 3.10. The van der Waals surface area contributed by atoms with Crippen molar-refractivity contribution in [1.82, 2.24) is 10.2 Å². The van der Waals surface area contributed by atoms with Crippen molar-refractivity contribution in [1.29, 1.82) is 0 Å². The molecule has 1 fully saturated rings. The lowest BCUT2D eigenvalue weighted by Crippen LogP contribution is -2.61. The number of hydrogen-bond acceptors (Lipinski definition) is 6. The molecule has 0 aromatic heterocycles. The third kappa shape index (κ3) is 4.92. The van der Waals surface area contributed by atoms with Crippen LogP contribution in [-0.2, 0) is 25.7 Å². The number of carbonyl (C=O) groups excluding carboxylic acids is 3. The zero-order valence-corrected chi connectivity index (χ0v) is 18.9. The number of amides is 2. The molecule has 1 saturated heterocycles. The van der Waals surface area contributed by atoms with Crippen LogP contribution >= 0.6 is 23.5 Å². The van der Waals surface area contributed by atoms with Crippen molar-refractivity contribution in [3.63, 3.8) is 0 Å². The van der Waals surface area contributed by atoms with Gasteiger partial charge in [-0.05, 0) is 16.7 Å². The molecule has 0 saturated carbocycles. The van der Waals surface area contributed by atoms with Crippen molar-refractivity contribution in [2.75, 3.05) is 5.75 Å². The van der Waals surface area contributed by atoms with Crippen LogP contribution in [0.1, 0.15) is 32.8 Å². The summed E-state index contributed by atoms with van der Waals surface area (Å²) in [6, 6.07) is 9.44. The molecule has 1 N–H and O–H groups in total. The molecule has 2 aliphatic heterocycles. The Hall–Kier alpha value is -2.19. The van der Waals surface area contributed by atoms with E-state index in [9.17, 15) is 14.4 Å². The summed E-state index contributed by atoms with van der Waals surface area (Å²) in [6.45, 7) is 5.73. The van der Waals surface area contributed by atoms with E-state index in [2.05, 4.69) is 19.2 Å². The molecule has 3 rings (SSSR count). The van der Waals surface area contributed by atoms with Gasteiger partial charge in [-0.3, -0.25) is 9.59 Å². The van der Waals surface area contributed by atoms with E-state index < -0.39 is 5.97 Å². The van der Waals surface area contributed by atoms with Gasteiger partial charge >= 0.3 is 5.97 Å². The lowest BCUT2D eigenvalue weighted by Gasteiger charge is -2.46. The molecule has 0 radical (unpaired) electrons. The highest BCUT2D eigenvalue weighted by atomic mass is 32.2. The second-order valence-electron chi connectivity index (χ2n) is 7.12. The van der Waals surface area contributed by atoms with E-state index >= 15 is 0 Å². The first-order valence-corrected chi connectivity index (χ1v) is 11.8. The number of esters is 1. The van der Waals surface area contributed by atoms with E-state index in [0.717, 1.165) is 16.2 Å². The van der Waals surface area contributed by atoms with Gasteiger partial charge in [-0.15, -0.1) is 0 Å². The molecule has 1 aromatic carbocycles. The van der Waals surface area contributed by atoms with Crippen LogP contribution in [0.15, 0.2) is 52.5 Å². The Morgan fingerprint density at radius 1 is 1.33 bits per heavy atom. The van der Waals surface area contributed by atoms with Crippen LogP contribution < -0.4 is 5.32 Å². The minimum atomic E-state index is -0.487. The summed E-state index contributed by atoms with van der Waals surface area (Å²) < 4.78 is 5.53. The van der Waals surface area contributed by atoms with Crippen molar-refractivity contribution in [3.8, 4) is 0 Å². The second-order valence-corrected chi connectivity index (χ2v) is 9.78. The molecule has 2 amide bonds. The fraction of sp³-hybridized carbons (Fsp3) is 0.409. The van der Waals surface area contributed by atoms with E-state index in [-0.39, 0.29) is 35.6 Å². The lowest BCUT2D eigenvalue weighted by molar-refractivity contribution is -0.156. The molecule has 0 bridgehead atoms. The zero-order chi connectivity index (χ0) is 21.7. The highest BCUT2D eigenvalue weighted by Crippen LogP contribution is 2.49. The molecule has 30 heavy (non-hydrogen) atoms. The van der Waals surface area contributed by atoms with Gasteiger partial charge in [-0.1, -0.05) is 55.9 Å². The molecular formula is C22H26N2O4S2. The van der Waals surface area contributed by atoms with Crippen LogP contribution in [0.2, 0.25) is 0 Å². The number of nitrogens with one attached hydrogen (secondary N) is 1. The molecule has 8 heteroatoms. The topological polar surface area (TPSA) is 75.7 Å². The maximum atomic E-state index is 12.9. The first-order chi connectivity index (χ1) is 14.4. The Morgan fingerprint density at radius 2 is 2.07 bits per heavy atom. The maximum absolute atomic E-state index is 12.9. The van der Waals surface area contributed by atoms with E-state index in [1.165, 1.54) is 24.9 Å². The van der Waals surface area contributed by atoms with Gasteiger partial charge < -0.3 is 15.0 Å². The van der Waals surface area contributed by atoms with Crippen molar-refractivity contribution < 1.29 is 19.1 Å². The SMILES string of the molecule is CCS[C@H](C)[C@H]1C(=O)N2C(C(=O)OCc3ccccc3)=C(S/C=C/NC(C)=O)C[C@H]12. The van der Waals surface area contributed by atoms with Crippen LogP contribution in [-0.4, -0.2) is 39.7 Å². The van der Waals surface area contributed by atoms with Crippen molar-refractivity contribution in [3.05, 3.63) is 58.1 Å². The van der Waals surface area contributed by atoms with Crippen LogP contribution in [0.3, 0.4) is 0 Å². The molecule has 0 spiro atoms. The van der Waals surface area contributed by atoms with E-state index in [4.69, 9.17) is 4.74 Å². The quantitative estimate of drug-likeness (QED) is 0.461. The Labute approximate surface area is 185 Å². The van der Waals surface area contributed by atoms with Crippen LogP contribution in [0.5, 0.6) is 0 Å². The highest BCUT2D eigenvalue weighted by molar-refractivity contribution is 8.05. The number of fused-ring (bicyclic) bond motifs is 1. The number of β-lactam (4-membered cyclic amide) rings is 1. The first kappa shape index (κ1) is 22.5. The van der Waals surface area contributed by atoms with Gasteiger partial charge in [0, 0.05) is 29.7 Å². The van der Waals surface area contributed by atoms with Crippen LogP contribution in [0.4, 0.5) is 0 Å². The van der Waals surface area contributed by atoms with Gasteiger partial charge in [0.05, 0.1) is 12.0 Å². The fourth-order valence-electron chi connectivity index (χ4n) is 3.74. The largest absolute Gasteiger partial charge is 0.456 e. The molecular weight excluding hydrogens is 420 g/mol. The number of hydrogen-bond donors (Lipinski definition) is 1. The summed E-state index contributed by atoms with van der Waals surface area (Å²) in [5.74, 6) is 0.183. The predicted molar refractivity (Wildman–Crippen MR) is 120 cm³/mol. The number of benzene rings is 1. The third-order valence-electron chi connectivity index (χ3n) is 5.07. The van der Waals surface area contributed by atoms with Gasteiger partial charge in [0.15, 0.2) is 0 Å². The third-order valence-corrected chi connectivity index (χ3v) is 7.14. The molecule has 6 nitrogen and oxygen atoms in total. The number of thioether (sulfide) groups is 2. The van der Waals surface area contributed by atoms with Gasteiger partial charge in [-0.2, -0.15) is 11.8 Å². The average Bonchev–Trinajstić information content (AvgIpc) is 3.04. The molecule has 1 aromatic rings. The van der Waals surface area contributed by atoms with E-state index in [0.29, 0.717) is 12.1 Å². The Bertz CT molecular complexity index is 869. The zero-order valence-electron chi connectivity index (χ0n) is 17.3. The van der Waals surface area contributed by atoms with Gasteiger partial charge in [0.2, 0.25) is 11.8 Å². The lowest BCUT2D eigenvalue weighted by atomic mass is 9.85. The summed E-state index contributed by atoms with van der Waals surface area (Å²) in [4.78, 5) is 39.3. The molecule has 3 atom stereocenters. The average molecular weight is 447 g/mol. The molecule has 2 aliphatic rings. The van der Waals surface area contributed by atoms with Gasteiger partial charge in [0.25, 0.3) is 0 Å². The van der Waals surface area contributed by atoms with E-state index in [1.54, 1.807) is 22.1 Å². The number of ether oxygens (including phenoxy) is 1. The van der Waals surface area contributed by atoms with Crippen molar-refractivity contribution >= 4 is 41.3 Å². The number of nitrogens with zero attached hydrogens (tertiary/aromatic N) is 1. The Balaban J connectivity index is 1.76. The smallest absolute Gasteiger partial charge is 0.356 e. The normalized spacial score (nSPS) is 21.4. The number of carbonyl (C=O) groups is 3. The first-order valence-electron chi connectivity index (χ1n) is 9.91. The summed E-state index contributed by atoms with van der Waals surface area (Å²) in [7, 11) is 0. The molecule has 0 aliphatic carbocycles. The standard InChI is InChI=1S/C22H26N2O4S2/c1-4-29-14(2)19-17-12-18(30-11-10-23-15(3)25)20(24(17)21(19)26)22(27)28-13-16-8-6-5-7-9-16/h5-11,14,17,19H,4,12-13H2,1-3H3,(H,23,25)/b11-10+/t14-,17-,19-/m1/s1. The fourth-order valence-corrected chi connectivity index (χ4v) is 5.63. The van der Waals surface area contributed by atoms with E-state index in [1.807, 2.05) is 30.3 Å². The molecule has 2 heterocycles. The molecule has 160 valence electrons. The summed E-state index contributed by atoms with van der Waals surface area (Å²) in [6.07, 6.45) is 2.16. The predicted octanol–water partition coefficient (Wildman–Crippen LogP) is 3.65. The van der Waals surface area contributed by atoms with Crippen molar-refractivity contribution in [2.24, 2.45) is 5.92 Å².